The molecule has 5 N–H and O–H groups in total. The summed E-state index contributed by atoms with van der Waals surface area (Å²) in [5.41, 5.74) is 0.894. The van der Waals surface area contributed by atoms with Crippen LogP contribution < -0.4 is 21.3 Å². The van der Waals surface area contributed by atoms with Crippen molar-refractivity contribution in [2.24, 2.45) is 11.8 Å². The van der Waals surface area contributed by atoms with Crippen LogP contribution in [0.2, 0.25) is 18.6 Å². The number of carbonyl (C=O) groups is 5. The van der Waals surface area contributed by atoms with Crippen LogP contribution in [-0.2, 0) is 41.6 Å². The molecule has 2 heterocycles. The van der Waals surface area contributed by atoms with Gasteiger partial charge in [0.1, 0.15) is 23.7 Å². The number of amides is 4. The van der Waals surface area contributed by atoms with Crippen LogP contribution in [0.5, 0.6) is 0 Å². The van der Waals surface area contributed by atoms with E-state index in [0.717, 1.165) is 11.1 Å². The number of benzene rings is 2. The number of hydrogen-bond donors (Lipinski definition) is 5. The molecule has 2 aromatic carbocycles. The highest BCUT2D eigenvalue weighted by atomic mass is 28.4. The van der Waals surface area contributed by atoms with E-state index in [2.05, 4.69) is 21.3 Å². The number of hydrogen-bond acceptors (Lipinski definition) is 8. The van der Waals surface area contributed by atoms with Gasteiger partial charge in [0.25, 0.3) is 0 Å². The Labute approximate surface area is 321 Å². The van der Waals surface area contributed by atoms with E-state index in [0.29, 0.717) is 57.5 Å². The van der Waals surface area contributed by atoms with Gasteiger partial charge in [0.2, 0.25) is 23.6 Å². The average Bonchev–Trinajstić information content (AvgIpc) is 3.88. The Morgan fingerprint density at radius 2 is 1.22 bits per heavy atom. The fourth-order valence-corrected chi connectivity index (χ4v) is 8.61. The minimum Gasteiger partial charge on any atom is -0.432 e. The predicted octanol–water partition coefficient (Wildman–Crippen LogP) is 3.13. The van der Waals surface area contributed by atoms with Crippen molar-refractivity contribution < 1.29 is 33.5 Å². The van der Waals surface area contributed by atoms with Gasteiger partial charge in [-0.2, -0.15) is 0 Å². The predicted molar refractivity (Wildman–Crippen MR) is 211 cm³/mol. The van der Waals surface area contributed by atoms with Crippen molar-refractivity contribution in [2.75, 3.05) is 26.2 Å². The molecule has 0 aliphatic carbocycles. The van der Waals surface area contributed by atoms with E-state index in [1.165, 1.54) is 0 Å². The SMILES string of the molecule is CC(C)C[C@H](NC(=O)[C@H](CCc1ccccc1)NC(=O)CN1CC[Si](C)(O)CC1)C(=O)N[C@@H](Cc1ccccc1)C(=O)N[C@@H](CC(C)C)C(=O)[C@@]1(C)CO1. The number of nitrogens with zero attached hydrogens (tertiary/aromatic N) is 1. The minimum absolute atomic E-state index is 0.00648. The van der Waals surface area contributed by atoms with Gasteiger partial charge in [-0.3, -0.25) is 28.9 Å². The quantitative estimate of drug-likeness (QED) is 0.101. The van der Waals surface area contributed by atoms with E-state index in [1.807, 2.05) is 99.8 Å². The van der Waals surface area contributed by atoms with Crippen LogP contribution in [0.3, 0.4) is 0 Å². The number of aryl methyl sites for hydroxylation is 1. The molecule has 0 spiro atoms. The first-order valence-corrected chi connectivity index (χ1v) is 22.3. The normalized spacial score (nSPS) is 20.3. The number of rotatable bonds is 20. The van der Waals surface area contributed by atoms with Gasteiger partial charge in [-0.05, 0) is 87.3 Å². The van der Waals surface area contributed by atoms with E-state index in [1.54, 1.807) is 6.92 Å². The molecule has 4 rings (SSSR count). The Hall–Kier alpha value is -3.91. The van der Waals surface area contributed by atoms with Crippen molar-refractivity contribution in [3.63, 3.8) is 0 Å². The Kier molecular flexibility index (Phi) is 15.5. The van der Waals surface area contributed by atoms with Crippen LogP contribution in [0.1, 0.15) is 65.0 Å². The van der Waals surface area contributed by atoms with Gasteiger partial charge < -0.3 is 30.8 Å². The lowest BCUT2D eigenvalue weighted by Gasteiger charge is -2.34. The lowest BCUT2D eigenvalue weighted by molar-refractivity contribution is -0.135. The maximum Gasteiger partial charge on any atom is 0.243 e. The van der Waals surface area contributed by atoms with Gasteiger partial charge in [-0.1, -0.05) is 88.4 Å². The maximum atomic E-state index is 14.1. The molecule has 54 heavy (non-hydrogen) atoms. The summed E-state index contributed by atoms with van der Waals surface area (Å²) in [7, 11) is -2.21. The molecular weight excluding hydrogens is 703 g/mol. The smallest absolute Gasteiger partial charge is 0.243 e. The molecule has 0 saturated carbocycles. The number of nitrogens with one attached hydrogen (secondary N) is 4. The molecule has 0 aromatic heterocycles. The molecule has 4 amide bonds. The molecule has 296 valence electrons. The third-order valence-electron chi connectivity index (χ3n) is 10.2. The zero-order chi connectivity index (χ0) is 39.5. The van der Waals surface area contributed by atoms with Gasteiger partial charge in [-0.15, -0.1) is 0 Å². The fourth-order valence-electron chi connectivity index (χ4n) is 6.76. The second-order valence-electron chi connectivity index (χ2n) is 16.4. The Balaban J connectivity index is 1.51. The third-order valence-corrected chi connectivity index (χ3v) is 12.8. The number of epoxide rings is 1. The van der Waals surface area contributed by atoms with E-state index >= 15 is 0 Å². The van der Waals surface area contributed by atoms with Crippen molar-refractivity contribution in [1.29, 1.82) is 0 Å². The Bertz CT molecular complexity index is 1560. The maximum absolute atomic E-state index is 14.1. The Morgan fingerprint density at radius 3 is 1.78 bits per heavy atom. The van der Waals surface area contributed by atoms with Crippen LogP contribution >= 0.6 is 0 Å². The molecule has 2 aliphatic rings. The molecular formula is C41H61N5O7Si. The highest BCUT2D eigenvalue weighted by molar-refractivity contribution is 6.71. The number of ketones is 1. The zero-order valence-corrected chi connectivity index (χ0v) is 33.9. The highest BCUT2D eigenvalue weighted by Gasteiger charge is 2.50. The summed E-state index contributed by atoms with van der Waals surface area (Å²) >= 11 is 0. The summed E-state index contributed by atoms with van der Waals surface area (Å²) < 4.78 is 5.41. The van der Waals surface area contributed by atoms with Crippen molar-refractivity contribution in [2.45, 2.75) is 115 Å². The summed E-state index contributed by atoms with van der Waals surface area (Å²) in [6, 6.07) is 16.6. The van der Waals surface area contributed by atoms with Crippen LogP contribution in [0.25, 0.3) is 0 Å². The first-order valence-electron chi connectivity index (χ1n) is 19.4. The molecule has 5 atom stereocenters. The largest absolute Gasteiger partial charge is 0.432 e. The first kappa shape index (κ1) is 42.8. The first-order chi connectivity index (χ1) is 25.5. The second-order valence-corrected chi connectivity index (χ2v) is 20.4. The van der Waals surface area contributed by atoms with Crippen molar-refractivity contribution in [3.05, 3.63) is 71.8 Å². The molecule has 0 radical (unpaired) electrons. The monoisotopic (exact) mass is 763 g/mol. The van der Waals surface area contributed by atoms with Gasteiger partial charge in [0, 0.05) is 6.42 Å². The summed E-state index contributed by atoms with van der Waals surface area (Å²) in [6.45, 7) is 13.1. The van der Waals surface area contributed by atoms with Crippen molar-refractivity contribution in [3.8, 4) is 0 Å². The van der Waals surface area contributed by atoms with E-state index in [4.69, 9.17) is 4.74 Å². The summed E-state index contributed by atoms with van der Waals surface area (Å²) in [6.07, 6.45) is 1.71. The molecule has 2 fully saturated rings. The van der Waals surface area contributed by atoms with Gasteiger partial charge in [0.05, 0.1) is 19.2 Å². The number of carbonyl (C=O) groups excluding carboxylic acids is 5. The van der Waals surface area contributed by atoms with Gasteiger partial charge in [0.15, 0.2) is 14.1 Å². The molecule has 2 aliphatic heterocycles. The van der Waals surface area contributed by atoms with E-state index in [9.17, 15) is 28.8 Å². The molecule has 0 unspecified atom stereocenters. The van der Waals surface area contributed by atoms with Gasteiger partial charge >= 0.3 is 0 Å². The molecule has 13 heteroatoms. The van der Waals surface area contributed by atoms with Gasteiger partial charge in [-0.25, -0.2) is 0 Å². The second kappa shape index (κ2) is 19.6. The lowest BCUT2D eigenvalue weighted by Crippen LogP contribution is -2.59. The van der Waals surface area contributed by atoms with E-state index in [-0.39, 0.29) is 36.5 Å². The van der Waals surface area contributed by atoms with Crippen molar-refractivity contribution >= 4 is 37.7 Å². The van der Waals surface area contributed by atoms with Crippen LogP contribution in [-0.4, -0.2) is 103 Å². The van der Waals surface area contributed by atoms with Crippen LogP contribution in [0.4, 0.5) is 0 Å². The summed E-state index contributed by atoms with van der Waals surface area (Å²) in [5, 5.41) is 11.7. The molecule has 2 saturated heterocycles. The number of Topliss-reactive ketones (excluding diaryl/α,β-unsaturated/α-hetero) is 1. The molecule has 2 aromatic rings. The number of ether oxygens (including phenoxy) is 1. The lowest BCUT2D eigenvalue weighted by atomic mass is 9.93. The van der Waals surface area contributed by atoms with Crippen LogP contribution in [0, 0.1) is 11.8 Å². The topological polar surface area (TPSA) is 169 Å². The summed E-state index contributed by atoms with van der Waals surface area (Å²) in [4.78, 5) is 81.3. The standard InChI is InChI=1S/C41H61N5O7Si/c1-28(2)23-33(37(48)41(5)27-53-41)43-40(51)35(25-31-15-11-8-12-16-31)45-39(50)34(24-29(3)4)44-38(49)32(18-17-30-13-9-7-10-14-30)42-36(47)26-46-19-21-54(6,52)22-20-46/h7-16,28-29,32-35,52H,17-27H2,1-6H3,(H,42,47)(H,43,51)(H,44,49)(H,45,50)/t32-,33-,34-,35-,41+/m0/s1. The highest BCUT2D eigenvalue weighted by Crippen LogP contribution is 2.30. The van der Waals surface area contributed by atoms with Crippen molar-refractivity contribution in [1.82, 2.24) is 26.2 Å². The molecule has 0 bridgehead atoms. The minimum atomic E-state index is -2.21. The summed E-state index contributed by atoms with van der Waals surface area (Å²) in [5.74, 6) is -1.90. The third kappa shape index (κ3) is 13.7. The average molecular weight is 764 g/mol. The Morgan fingerprint density at radius 1 is 0.741 bits per heavy atom. The fraction of sp³-hybridized carbons (Fsp3) is 0.585. The van der Waals surface area contributed by atoms with E-state index < -0.39 is 55.8 Å². The zero-order valence-electron chi connectivity index (χ0n) is 32.9. The van der Waals surface area contributed by atoms with Crippen LogP contribution in [0.15, 0.2) is 60.7 Å². The molecule has 12 nitrogen and oxygen atoms in total.